The first kappa shape index (κ1) is 17.6. The van der Waals surface area contributed by atoms with Gasteiger partial charge in [-0.15, -0.1) is 0 Å². The highest BCUT2D eigenvalue weighted by Gasteiger charge is 2.30. The van der Waals surface area contributed by atoms with E-state index in [4.69, 9.17) is 15.2 Å². The lowest BCUT2D eigenvalue weighted by atomic mass is 9.83. The zero-order chi connectivity index (χ0) is 17.3. The molecule has 1 aliphatic heterocycles. The molecular weight excluding hydrogens is 292 g/mol. The number of fused-ring (bicyclic) bond motifs is 1. The van der Waals surface area contributed by atoms with Crippen LogP contribution in [-0.2, 0) is 10.2 Å². The Bertz CT molecular complexity index is 576. The largest absolute Gasteiger partial charge is 0.486 e. The van der Waals surface area contributed by atoms with E-state index in [-0.39, 0.29) is 16.7 Å². The van der Waals surface area contributed by atoms with Crippen LogP contribution in [0.1, 0.15) is 40.2 Å². The van der Waals surface area contributed by atoms with E-state index in [1.165, 1.54) is 0 Å². The first-order valence-corrected chi connectivity index (χ1v) is 8.05. The maximum absolute atomic E-state index is 12.2. The van der Waals surface area contributed by atoms with Crippen LogP contribution in [0.25, 0.3) is 0 Å². The Balaban J connectivity index is 2.05. The van der Waals surface area contributed by atoms with Gasteiger partial charge in [0.1, 0.15) is 13.2 Å². The zero-order valence-corrected chi connectivity index (χ0v) is 14.7. The summed E-state index contributed by atoms with van der Waals surface area (Å²) in [6.07, 6.45) is 0. The smallest absolute Gasteiger partial charge is 0.237 e. The molecule has 23 heavy (non-hydrogen) atoms. The summed E-state index contributed by atoms with van der Waals surface area (Å²) in [4.78, 5) is 12.2. The third-order valence-electron chi connectivity index (χ3n) is 4.24. The molecule has 1 aromatic rings. The van der Waals surface area contributed by atoms with Gasteiger partial charge in [-0.3, -0.25) is 4.79 Å². The number of carbonyl (C=O) groups is 1. The number of nitrogens with one attached hydrogen (secondary N) is 1. The summed E-state index contributed by atoms with van der Waals surface area (Å²) in [5, 5.41) is 2.97. The molecule has 0 saturated carbocycles. The van der Waals surface area contributed by atoms with Gasteiger partial charge in [0, 0.05) is 12.0 Å². The van der Waals surface area contributed by atoms with Crippen molar-refractivity contribution in [3.8, 4) is 11.5 Å². The minimum Gasteiger partial charge on any atom is -0.486 e. The topological polar surface area (TPSA) is 73.6 Å². The van der Waals surface area contributed by atoms with Crippen LogP contribution in [0.5, 0.6) is 11.5 Å². The fourth-order valence-electron chi connectivity index (χ4n) is 2.38. The third-order valence-corrected chi connectivity index (χ3v) is 4.24. The molecule has 1 heterocycles. The lowest BCUT2D eigenvalue weighted by molar-refractivity contribution is -0.124. The standard InChI is InChI=1S/C18H28N2O3/c1-17(2,3)15(19)16(21)20-11-18(4,5)12-6-7-13-14(10-12)23-9-8-22-13/h6-7,10,15H,8-9,11,19H2,1-5H3,(H,20,21)/t15-/m1/s1. The Morgan fingerprint density at radius 2 is 1.78 bits per heavy atom. The summed E-state index contributed by atoms with van der Waals surface area (Å²) in [6, 6.07) is 5.40. The van der Waals surface area contributed by atoms with Gasteiger partial charge >= 0.3 is 0 Å². The van der Waals surface area contributed by atoms with Gasteiger partial charge < -0.3 is 20.5 Å². The van der Waals surface area contributed by atoms with E-state index in [9.17, 15) is 4.79 Å². The Hall–Kier alpha value is -1.75. The van der Waals surface area contributed by atoms with E-state index in [1.807, 2.05) is 39.0 Å². The second-order valence-corrected chi connectivity index (χ2v) is 7.80. The predicted molar refractivity (Wildman–Crippen MR) is 90.9 cm³/mol. The number of nitrogens with two attached hydrogens (primary N) is 1. The normalized spacial score (nSPS) is 15.9. The van der Waals surface area contributed by atoms with Crippen molar-refractivity contribution >= 4 is 5.91 Å². The van der Waals surface area contributed by atoms with Crippen molar-refractivity contribution in [2.24, 2.45) is 11.1 Å². The summed E-state index contributed by atoms with van der Waals surface area (Å²) < 4.78 is 11.2. The molecule has 0 radical (unpaired) electrons. The highest BCUT2D eigenvalue weighted by molar-refractivity contribution is 5.82. The van der Waals surface area contributed by atoms with Gasteiger partial charge in [0.25, 0.3) is 0 Å². The fraction of sp³-hybridized carbons (Fsp3) is 0.611. The number of rotatable bonds is 4. The molecule has 5 nitrogen and oxygen atoms in total. The maximum Gasteiger partial charge on any atom is 0.237 e. The minimum atomic E-state index is -0.529. The summed E-state index contributed by atoms with van der Waals surface area (Å²) >= 11 is 0. The van der Waals surface area contributed by atoms with E-state index < -0.39 is 6.04 Å². The molecular formula is C18H28N2O3. The van der Waals surface area contributed by atoms with Gasteiger partial charge in [-0.2, -0.15) is 0 Å². The predicted octanol–water partition coefficient (Wildman–Crippen LogP) is 2.22. The lowest BCUT2D eigenvalue weighted by Gasteiger charge is -2.30. The quantitative estimate of drug-likeness (QED) is 0.892. The summed E-state index contributed by atoms with van der Waals surface area (Å²) in [7, 11) is 0. The first-order chi connectivity index (χ1) is 10.6. The number of carbonyl (C=O) groups excluding carboxylic acids is 1. The summed E-state index contributed by atoms with van der Waals surface area (Å²) in [5.41, 5.74) is 6.60. The fourth-order valence-corrected chi connectivity index (χ4v) is 2.38. The molecule has 1 amide bonds. The van der Waals surface area contributed by atoms with Crippen LogP contribution in [0, 0.1) is 5.41 Å². The molecule has 1 aliphatic rings. The van der Waals surface area contributed by atoms with Crippen molar-refractivity contribution in [2.75, 3.05) is 19.8 Å². The molecule has 5 heteroatoms. The Kier molecular flexibility index (Phi) is 4.90. The van der Waals surface area contributed by atoms with Gasteiger partial charge in [-0.05, 0) is 23.1 Å². The molecule has 0 aromatic heterocycles. The first-order valence-electron chi connectivity index (χ1n) is 8.05. The van der Waals surface area contributed by atoms with Crippen molar-refractivity contribution in [2.45, 2.75) is 46.1 Å². The maximum atomic E-state index is 12.2. The van der Waals surface area contributed by atoms with Crippen LogP contribution in [0.15, 0.2) is 18.2 Å². The van der Waals surface area contributed by atoms with Crippen LogP contribution in [-0.4, -0.2) is 31.7 Å². The number of hydrogen-bond acceptors (Lipinski definition) is 4. The van der Waals surface area contributed by atoms with Gasteiger partial charge in [0.05, 0.1) is 6.04 Å². The number of amides is 1. The lowest BCUT2D eigenvalue weighted by Crippen LogP contribution is -2.50. The number of benzene rings is 1. The molecule has 2 rings (SSSR count). The molecule has 3 N–H and O–H groups in total. The summed E-state index contributed by atoms with van der Waals surface area (Å²) in [6.45, 7) is 11.7. The number of hydrogen-bond donors (Lipinski definition) is 2. The van der Waals surface area contributed by atoms with Gasteiger partial charge in [-0.1, -0.05) is 40.7 Å². The van der Waals surface area contributed by atoms with Crippen LogP contribution < -0.4 is 20.5 Å². The summed E-state index contributed by atoms with van der Waals surface area (Å²) in [5.74, 6) is 1.41. The van der Waals surface area contributed by atoms with Crippen LogP contribution >= 0.6 is 0 Å². The van der Waals surface area contributed by atoms with Crippen LogP contribution in [0.3, 0.4) is 0 Å². The van der Waals surface area contributed by atoms with E-state index in [2.05, 4.69) is 19.2 Å². The van der Waals surface area contributed by atoms with Crippen LogP contribution in [0.4, 0.5) is 0 Å². The molecule has 0 spiro atoms. The van der Waals surface area contributed by atoms with Crippen LogP contribution in [0.2, 0.25) is 0 Å². The van der Waals surface area contributed by atoms with Gasteiger partial charge in [-0.25, -0.2) is 0 Å². The van der Waals surface area contributed by atoms with Gasteiger partial charge in [0.15, 0.2) is 11.5 Å². The molecule has 1 aromatic carbocycles. The SMILES string of the molecule is CC(C)(CNC(=O)[C@@H](N)C(C)(C)C)c1ccc2c(c1)OCCO2. The molecule has 0 bridgehead atoms. The Morgan fingerprint density at radius 1 is 1.17 bits per heavy atom. The van der Waals surface area contributed by atoms with E-state index in [0.717, 1.165) is 17.1 Å². The van der Waals surface area contributed by atoms with E-state index >= 15 is 0 Å². The molecule has 0 aliphatic carbocycles. The van der Waals surface area contributed by atoms with Crippen molar-refractivity contribution in [3.05, 3.63) is 23.8 Å². The van der Waals surface area contributed by atoms with Crippen molar-refractivity contribution in [1.29, 1.82) is 0 Å². The average Bonchev–Trinajstić information content (AvgIpc) is 2.50. The third kappa shape index (κ3) is 4.16. The monoisotopic (exact) mass is 320 g/mol. The van der Waals surface area contributed by atoms with Crippen molar-refractivity contribution in [3.63, 3.8) is 0 Å². The zero-order valence-electron chi connectivity index (χ0n) is 14.7. The Labute approximate surface area is 138 Å². The highest BCUT2D eigenvalue weighted by Crippen LogP contribution is 2.35. The molecule has 0 unspecified atom stereocenters. The Morgan fingerprint density at radius 3 is 2.39 bits per heavy atom. The molecule has 1 atom stereocenters. The molecule has 0 fully saturated rings. The minimum absolute atomic E-state index is 0.122. The van der Waals surface area contributed by atoms with Gasteiger partial charge in [0.2, 0.25) is 5.91 Å². The number of ether oxygens (including phenoxy) is 2. The van der Waals surface area contributed by atoms with E-state index in [1.54, 1.807) is 0 Å². The second kappa shape index (κ2) is 6.40. The van der Waals surface area contributed by atoms with Crippen molar-refractivity contribution < 1.29 is 14.3 Å². The van der Waals surface area contributed by atoms with E-state index in [0.29, 0.717) is 19.8 Å². The highest BCUT2D eigenvalue weighted by atomic mass is 16.6. The molecule has 0 saturated heterocycles. The molecule has 128 valence electrons. The van der Waals surface area contributed by atoms with Crippen molar-refractivity contribution in [1.82, 2.24) is 5.32 Å². The average molecular weight is 320 g/mol. The second-order valence-electron chi connectivity index (χ2n) is 7.80.